The van der Waals surface area contributed by atoms with Crippen LogP contribution in [0.15, 0.2) is 30.3 Å². The van der Waals surface area contributed by atoms with Crippen LogP contribution in [0.1, 0.15) is 24.5 Å². The van der Waals surface area contributed by atoms with E-state index in [0.29, 0.717) is 42.2 Å². The van der Waals surface area contributed by atoms with Gasteiger partial charge in [-0.3, -0.25) is 10.1 Å². The third-order valence-corrected chi connectivity index (χ3v) is 6.10. The molecule has 3 rings (SSSR count). The first-order valence-corrected chi connectivity index (χ1v) is 10.1. The smallest absolute Gasteiger partial charge is 0.387 e. The number of hydrogen-bond donors (Lipinski definition) is 2. The second kappa shape index (κ2) is 9.74. The number of nitro benzene ring substituents is 1. The Bertz CT molecular complexity index is 960. The molecule has 168 valence electrons. The van der Waals surface area contributed by atoms with Crippen LogP contribution in [0.25, 0.3) is 0 Å². The molecule has 0 spiro atoms. The number of anilines is 1. The van der Waals surface area contributed by atoms with Crippen LogP contribution in [0.5, 0.6) is 5.75 Å². The summed E-state index contributed by atoms with van der Waals surface area (Å²) in [5.41, 5.74) is 0.639. The summed E-state index contributed by atoms with van der Waals surface area (Å²) >= 11 is 5.76. The molecule has 6 nitrogen and oxygen atoms in total. The number of aliphatic hydroxyl groups excluding tert-OH is 1. The van der Waals surface area contributed by atoms with Crippen molar-refractivity contribution in [1.82, 2.24) is 0 Å². The lowest BCUT2D eigenvalue weighted by atomic mass is 9.99. The molecule has 0 unspecified atom stereocenters. The van der Waals surface area contributed by atoms with E-state index in [9.17, 15) is 28.4 Å². The lowest BCUT2D eigenvalue weighted by molar-refractivity contribution is -0.384. The van der Waals surface area contributed by atoms with Crippen molar-refractivity contribution >= 4 is 23.0 Å². The van der Waals surface area contributed by atoms with Crippen molar-refractivity contribution in [1.29, 1.82) is 0 Å². The Kier molecular flexibility index (Phi) is 7.27. The molecular weight excluding hydrogens is 437 g/mol. The molecule has 0 aromatic heterocycles. The summed E-state index contributed by atoms with van der Waals surface area (Å²) in [7, 11) is 0. The highest BCUT2D eigenvalue weighted by molar-refractivity contribution is 6.31. The first-order valence-electron chi connectivity index (χ1n) is 9.76. The number of hydrogen-bond acceptors (Lipinski definition) is 5. The standard InChI is InChI=1S/C21H22ClF3N2O4/c1-11-13(5-6-28)14(11)7-12-3-2-4-20(31-21(24)25)15(12)10-26-18-8-16(22)17(23)9-19(18)27(29)30/h2-4,8-9,11,13-14,21,26,28H,5-7,10H2,1H3/t11-,13-,14+/m0/s1. The van der Waals surface area contributed by atoms with E-state index in [1.807, 2.05) is 0 Å². The lowest BCUT2D eigenvalue weighted by Crippen LogP contribution is -2.11. The zero-order valence-electron chi connectivity index (χ0n) is 16.7. The van der Waals surface area contributed by atoms with Crippen molar-refractivity contribution in [3.05, 3.63) is 62.4 Å². The van der Waals surface area contributed by atoms with Gasteiger partial charge in [0.2, 0.25) is 0 Å². The topological polar surface area (TPSA) is 84.6 Å². The van der Waals surface area contributed by atoms with Crippen molar-refractivity contribution in [3.63, 3.8) is 0 Å². The zero-order chi connectivity index (χ0) is 22.7. The molecule has 1 saturated carbocycles. The molecule has 2 N–H and O–H groups in total. The van der Waals surface area contributed by atoms with Gasteiger partial charge in [-0.1, -0.05) is 30.7 Å². The van der Waals surface area contributed by atoms with Crippen LogP contribution in [-0.2, 0) is 13.0 Å². The maximum Gasteiger partial charge on any atom is 0.387 e. The molecule has 0 bridgehead atoms. The number of benzene rings is 2. The van der Waals surface area contributed by atoms with Crippen LogP contribution in [0.2, 0.25) is 5.02 Å². The van der Waals surface area contributed by atoms with Crippen molar-refractivity contribution in [2.75, 3.05) is 11.9 Å². The number of halogens is 4. The molecule has 1 fully saturated rings. The lowest BCUT2D eigenvalue weighted by Gasteiger charge is -2.17. The van der Waals surface area contributed by atoms with Gasteiger partial charge in [0, 0.05) is 18.7 Å². The van der Waals surface area contributed by atoms with E-state index in [1.165, 1.54) is 6.07 Å². The van der Waals surface area contributed by atoms with Gasteiger partial charge in [0.15, 0.2) is 0 Å². The number of nitrogens with one attached hydrogen (secondary N) is 1. The minimum Gasteiger partial charge on any atom is -0.434 e. The Labute approximate surface area is 182 Å². The number of aliphatic hydroxyl groups is 1. The Morgan fingerprint density at radius 3 is 2.71 bits per heavy atom. The number of nitro groups is 1. The first kappa shape index (κ1) is 23.1. The predicted molar refractivity (Wildman–Crippen MR) is 110 cm³/mol. The molecule has 1 aliphatic carbocycles. The molecule has 2 aromatic rings. The van der Waals surface area contributed by atoms with Crippen LogP contribution in [0.4, 0.5) is 24.5 Å². The summed E-state index contributed by atoms with van der Waals surface area (Å²) in [6.07, 6.45) is 1.27. The molecule has 3 atom stereocenters. The minimum atomic E-state index is -3.04. The van der Waals surface area contributed by atoms with Gasteiger partial charge in [-0.15, -0.1) is 0 Å². The van der Waals surface area contributed by atoms with Crippen molar-refractivity contribution in [2.45, 2.75) is 32.9 Å². The monoisotopic (exact) mass is 458 g/mol. The van der Waals surface area contributed by atoms with Gasteiger partial charge in [-0.2, -0.15) is 8.78 Å². The highest BCUT2D eigenvalue weighted by Crippen LogP contribution is 2.50. The van der Waals surface area contributed by atoms with E-state index in [4.69, 9.17) is 11.6 Å². The molecule has 2 aromatic carbocycles. The first-order chi connectivity index (χ1) is 14.7. The van der Waals surface area contributed by atoms with E-state index in [0.717, 1.165) is 11.6 Å². The van der Waals surface area contributed by atoms with E-state index >= 15 is 0 Å². The molecule has 0 amide bonds. The van der Waals surface area contributed by atoms with Crippen LogP contribution in [-0.4, -0.2) is 23.2 Å². The van der Waals surface area contributed by atoms with Gasteiger partial charge < -0.3 is 15.2 Å². The fraction of sp³-hybridized carbons (Fsp3) is 0.429. The van der Waals surface area contributed by atoms with Gasteiger partial charge in [-0.05, 0) is 48.3 Å². The molecule has 1 aliphatic rings. The number of nitrogens with zero attached hydrogens (tertiary/aromatic N) is 1. The third kappa shape index (κ3) is 5.40. The van der Waals surface area contributed by atoms with Crippen molar-refractivity contribution < 1.29 is 27.9 Å². The average Bonchev–Trinajstić information content (AvgIpc) is 3.30. The van der Waals surface area contributed by atoms with Crippen LogP contribution < -0.4 is 10.1 Å². The van der Waals surface area contributed by atoms with Gasteiger partial charge in [0.05, 0.1) is 16.0 Å². The Morgan fingerprint density at radius 1 is 1.32 bits per heavy atom. The van der Waals surface area contributed by atoms with Crippen molar-refractivity contribution in [2.24, 2.45) is 17.8 Å². The Morgan fingerprint density at radius 2 is 2.06 bits per heavy atom. The zero-order valence-corrected chi connectivity index (χ0v) is 17.4. The minimum absolute atomic E-state index is 0.0350. The maximum atomic E-state index is 13.7. The summed E-state index contributed by atoms with van der Waals surface area (Å²) in [5, 5.41) is 23.0. The van der Waals surface area contributed by atoms with Crippen LogP contribution in [0.3, 0.4) is 0 Å². The second-order valence-corrected chi connectivity index (χ2v) is 7.98. The number of ether oxygens (including phenoxy) is 1. The molecule has 0 heterocycles. The van der Waals surface area contributed by atoms with E-state index < -0.39 is 23.0 Å². The fourth-order valence-corrected chi connectivity index (χ4v) is 4.24. The fourth-order valence-electron chi connectivity index (χ4n) is 4.08. The average molecular weight is 459 g/mol. The molecule has 0 radical (unpaired) electrons. The quantitative estimate of drug-likeness (QED) is 0.367. The molecular formula is C21H22ClF3N2O4. The molecule has 31 heavy (non-hydrogen) atoms. The summed E-state index contributed by atoms with van der Waals surface area (Å²) < 4.78 is 44.2. The number of alkyl halides is 2. The van der Waals surface area contributed by atoms with Crippen LogP contribution >= 0.6 is 11.6 Å². The van der Waals surface area contributed by atoms with Crippen molar-refractivity contribution in [3.8, 4) is 5.75 Å². The van der Waals surface area contributed by atoms with E-state index in [2.05, 4.69) is 17.0 Å². The Balaban J connectivity index is 1.89. The van der Waals surface area contributed by atoms with E-state index in [1.54, 1.807) is 12.1 Å². The Hall–Kier alpha value is -2.52. The van der Waals surface area contributed by atoms with Gasteiger partial charge >= 0.3 is 6.61 Å². The van der Waals surface area contributed by atoms with Gasteiger partial charge in [-0.25, -0.2) is 4.39 Å². The maximum absolute atomic E-state index is 13.7. The van der Waals surface area contributed by atoms with Gasteiger partial charge in [0.25, 0.3) is 5.69 Å². The van der Waals surface area contributed by atoms with Crippen LogP contribution in [0, 0.1) is 33.7 Å². The summed E-state index contributed by atoms with van der Waals surface area (Å²) in [5.74, 6) is 0.0657. The second-order valence-electron chi connectivity index (χ2n) is 7.57. The summed E-state index contributed by atoms with van der Waals surface area (Å²) in [4.78, 5) is 10.5. The normalized spacial score (nSPS) is 20.0. The highest BCUT2D eigenvalue weighted by Gasteiger charge is 2.45. The molecule has 0 saturated heterocycles. The summed E-state index contributed by atoms with van der Waals surface area (Å²) in [6, 6.07) is 6.61. The third-order valence-electron chi connectivity index (χ3n) is 5.81. The predicted octanol–water partition coefficient (Wildman–Crippen LogP) is 5.41. The molecule has 10 heteroatoms. The largest absolute Gasteiger partial charge is 0.434 e. The number of rotatable bonds is 10. The van der Waals surface area contributed by atoms with Gasteiger partial charge in [0.1, 0.15) is 17.3 Å². The molecule has 0 aliphatic heterocycles. The highest BCUT2D eigenvalue weighted by atomic mass is 35.5. The van der Waals surface area contributed by atoms with E-state index in [-0.39, 0.29) is 29.6 Å². The SMILES string of the molecule is C[C@@H]1[C@@H](Cc2cccc(OC(F)F)c2CNc2cc(Cl)c(F)cc2[N+](=O)[O-])[C@H]1CCO. The summed E-state index contributed by atoms with van der Waals surface area (Å²) in [6.45, 7) is -0.937.